The largest absolute Gasteiger partial charge is 0.367 e. The van der Waals surface area contributed by atoms with E-state index in [0.717, 1.165) is 27.6 Å². The molecule has 0 aliphatic heterocycles. The number of hydrogen-bond acceptors (Lipinski definition) is 4. The Hall–Kier alpha value is -2.11. The average Bonchev–Trinajstić information content (AvgIpc) is 2.79. The summed E-state index contributed by atoms with van der Waals surface area (Å²) >= 11 is 9.73. The van der Waals surface area contributed by atoms with E-state index in [-0.39, 0.29) is 12.0 Å². The fourth-order valence-electron chi connectivity index (χ4n) is 4.50. The predicted octanol–water partition coefficient (Wildman–Crippen LogP) is 7.46. The molecule has 32 heavy (non-hydrogen) atoms. The van der Waals surface area contributed by atoms with Crippen LogP contribution in [0, 0.1) is 0 Å². The minimum atomic E-state index is 0.164. The van der Waals surface area contributed by atoms with Gasteiger partial charge in [0.25, 0.3) is 0 Å². The van der Waals surface area contributed by atoms with Crippen LogP contribution in [0.4, 0.5) is 11.6 Å². The van der Waals surface area contributed by atoms with Gasteiger partial charge in [-0.1, -0.05) is 71.1 Å². The third-order valence-electron chi connectivity index (χ3n) is 6.25. The summed E-state index contributed by atoms with van der Waals surface area (Å²) in [6.45, 7) is 2.22. The third-order valence-corrected chi connectivity index (χ3v) is 6.99. The van der Waals surface area contributed by atoms with E-state index in [4.69, 9.17) is 11.6 Å². The van der Waals surface area contributed by atoms with E-state index in [1.807, 2.05) is 18.2 Å². The number of halogens is 2. The molecule has 6 heteroatoms. The number of aromatic nitrogens is 2. The van der Waals surface area contributed by atoms with Crippen molar-refractivity contribution in [3.05, 3.63) is 81.5 Å². The van der Waals surface area contributed by atoms with Crippen LogP contribution in [0.25, 0.3) is 0 Å². The molecule has 4 nitrogen and oxygen atoms in total. The zero-order chi connectivity index (χ0) is 22.3. The molecule has 4 rings (SSSR count). The lowest BCUT2D eigenvalue weighted by Crippen LogP contribution is -2.27. The van der Waals surface area contributed by atoms with Crippen molar-refractivity contribution in [1.82, 2.24) is 9.97 Å². The summed E-state index contributed by atoms with van der Waals surface area (Å²) in [5.41, 5.74) is 2.54. The summed E-state index contributed by atoms with van der Waals surface area (Å²) in [6, 6.07) is 19.4. The maximum atomic E-state index is 6.10. The Morgan fingerprint density at radius 2 is 1.75 bits per heavy atom. The van der Waals surface area contributed by atoms with Crippen molar-refractivity contribution in [3.8, 4) is 0 Å². The van der Waals surface area contributed by atoms with Crippen LogP contribution >= 0.6 is 27.5 Å². The molecule has 2 N–H and O–H groups in total. The Balaban J connectivity index is 1.51. The summed E-state index contributed by atoms with van der Waals surface area (Å²) in [4.78, 5) is 8.95. The lowest BCUT2D eigenvalue weighted by Gasteiger charge is -2.27. The molecule has 0 unspecified atom stereocenters. The first-order valence-corrected chi connectivity index (χ1v) is 12.6. The molecule has 1 fully saturated rings. The maximum absolute atomic E-state index is 6.10. The van der Waals surface area contributed by atoms with E-state index in [1.165, 1.54) is 43.2 Å². The Morgan fingerprint density at radius 1 is 1.00 bits per heavy atom. The predicted molar refractivity (Wildman–Crippen MR) is 138 cm³/mol. The average molecular weight is 514 g/mol. The van der Waals surface area contributed by atoms with Crippen LogP contribution in [-0.4, -0.2) is 22.1 Å². The molecule has 168 valence electrons. The van der Waals surface area contributed by atoms with Gasteiger partial charge in [0.15, 0.2) is 0 Å². The molecule has 2 atom stereocenters. The van der Waals surface area contributed by atoms with Crippen molar-refractivity contribution < 1.29 is 0 Å². The highest BCUT2D eigenvalue weighted by Crippen LogP contribution is 2.29. The van der Waals surface area contributed by atoms with Crippen molar-refractivity contribution >= 4 is 39.2 Å². The molecule has 1 aliphatic rings. The quantitative estimate of drug-likeness (QED) is 0.328. The molecular weight excluding hydrogens is 484 g/mol. The highest BCUT2D eigenvalue weighted by Gasteiger charge is 2.21. The molecule has 0 saturated heterocycles. The van der Waals surface area contributed by atoms with Gasteiger partial charge in [-0.15, -0.1) is 0 Å². The molecule has 1 aromatic heterocycles. The zero-order valence-electron chi connectivity index (χ0n) is 18.4. The van der Waals surface area contributed by atoms with Gasteiger partial charge in [0, 0.05) is 33.6 Å². The van der Waals surface area contributed by atoms with Gasteiger partial charge in [-0.05, 0) is 61.6 Å². The molecule has 1 heterocycles. The molecule has 0 spiro atoms. The number of rotatable bonds is 8. The summed E-state index contributed by atoms with van der Waals surface area (Å²) < 4.78 is 1.09. The molecule has 1 aliphatic carbocycles. The number of anilines is 2. The van der Waals surface area contributed by atoms with Crippen molar-refractivity contribution in [3.63, 3.8) is 0 Å². The number of hydrogen-bond donors (Lipinski definition) is 2. The Kier molecular flexibility index (Phi) is 8.04. The second kappa shape index (κ2) is 11.2. The summed E-state index contributed by atoms with van der Waals surface area (Å²) in [6.07, 6.45) is 8.92. The van der Waals surface area contributed by atoms with E-state index < -0.39 is 0 Å². The molecule has 3 aromatic rings. The smallest absolute Gasteiger partial charge is 0.131 e. The molecule has 0 radical (unpaired) electrons. The van der Waals surface area contributed by atoms with Crippen LogP contribution in [-0.2, 0) is 6.42 Å². The monoisotopic (exact) mass is 512 g/mol. The highest BCUT2D eigenvalue weighted by atomic mass is 79.9. The molecule has 0 amide bonds. The summed E-state index contributed by atoms with van der Waals surface area (Å²) in [7, 11) is 0. The first kappa shape index (κ1) is 23.1. The van der Waals surface area contributed by atoms with Gasteiger partial charge in [-0.3, -0.25) is 0 Å². The molecule has 2 aromatic carbocycles. The maximum Gasteiger partial charge on any atom is 0.131 e. The minimum Gasteiger partial charge on any atom is -0.367 e. The van der Waals surface area contributed by atoms with Crippen LogP contribution in [0.3, 0.4) is 0 Å². The fraction of sp³-hybridized carbons (Fsp3) is 0.385. The Morgan fingerprint density at radius 3 is 2.50 bits per heavy atom. The normalized spacial score (nSPS) is 16.3. The van der Waals surface area contributed by atoms with Crippen LogP contribution < -0.4 is 10.6 Å². The first-order valence-electron chi connectivity index (χ1n) is 11.4. The SMILES string of the molecule is C[C@H](Nc1cc(NC2CCCCC2)ncn1)[C@@H](Cc1ccc(Cl)cc1)c1cccc(Br)c1. The van der Waals surface area contributed by atoms with Gasteiger partial charge in [0.2, 0.25) is 0 Å². The van der Waals surface area contributed by atoms with Crippen LogP contribution in [0.5, 0.6) is 0 Å². The lowest BCUT2D eigenvalue weighted by atomic mass is 9.86. The highest BCUT2D eigenvalue weighted by molar-refractivity contribution is 9.10. The second-order valence-corrected chi connectivity index (χ2v) is 10.0. The molecule has 0 bridgehead atoms. The lowest BCUT2D eigenvalue weighted by molar-refractivity contribution is 0.462. The summed E-state index contributed by atoms with van der Waals surface area (Å²) in [5, 5.41) is 8.00. The Labute approximate surface area is 204 Å². The molecular formula is C26H30BrClN4. The number of benzene rings is 2. The fourth-order valence-corrected chi connectivity index (χ4v) is 5.04. The number of nitrogens with zero attached hydrogens (tertiary/aromatic N) is 2. The van der Waals surface area contributed by atoms with Gasteiger partial charge < -0.3 is 10.6 Å². The third kappa shape index (κ3) is 6.46. The van der Waals surface area contributed by atoms with Gasteiger partial charge in [0.05, 0.1) is 0 Å². The molecule has 1 saturated carbocycles. The van der Waals surface area contributed by atoms with Gasteiger partial charge >= 0.3 is 0 Å². The van der Waals surface area contributed by atoms with E-state index in [2.05, 4.69) is 79.9 Å². The van der Waals surface area contributed by atoms with Gasteiger partial charge in [-0.2, -0.15) is 0 Å². The second-order valence-electron chi connectivity index (χ2n) is 8.69. The van der Waals surface area contributed by atoms with E-state index in [9.17, 15) is 0 Å². The van der Waals surface area contributed by atoms with Crippen molar-refractivity contribution in [2.24, 2.45) is 0 Å². The van der Waals surface area contributed by atoms with E-state index in [1.54, 1.807) is 6.33 Å². The van der Waals surface area contributed by atoms with E-state index >= 15 is 0 Å². The zero-order valence-corrected chi connectivity index (χ0v) is 20.7. The van der Waals surface area contributed by atoms with Crippen LogP contribution in [0.15, 0.2) is 65.4 Å². The summed E-state index contributed by atoms with van der Waals surface area (Å²) in [5.74, 6) is 2.01. The van der Waals surface area contributed by atoms with Crippen molar-refractivity contribution in [2.75, 3.05) is 10.6 Å². The van der Waals surface area contributed by atoms with E-state index in [0.29, 0.717) is 6.04 Å². The topological polar surface area (TPSA) is 49.8 Å². The van der Waals surface area contributed by atoms with Gasteiger partial charge in [-0.25, -0.2) is 9.97 Å². The van der Waals surface area contributed by atoms with Crippen molar-refractivity contribution in [1.29, 1.82) is 0 Å². The van der Waals surface area contributed by atoms with Crippen molar-refractivity contribution in [2.45, 2.75) is 63.5 Å². The van der Waals surface area contributed by atoms with Crippen LogP contribution in [0.2, 0.25) is 5.02 Å². The first-order chi connectivity index (χ1) is 15.6. The minimum absolute atomic E-state index is 0.164. The van der Waals surface area contributed by atoms with Gasteiger partial charge in [0.1, 0.15) is 18.0 Å². The van der Waals surface area contributed by atoms with Crippen LogP contribution in [0.1, 0.15) is 56.1 Å². The number of nitrogens with one attached hydrogen (secondary N) is 2. The Bertz CT molecular complexity index is 1000. The standard InChI is InChI=1S/C26H30BrClN4/c1-18(31-25-16-26(30-17-29-25)32-23-8-3-2-4-9-23)24(20-6-5-7-21(27)15-20)14-19-10-12-22(28)13-11-19/h5-7,10-13,15-18,23-24H,2-4,8-9,14H2,1H3,(H2,29,30,31,32)/t18-,24+/m0/s1.